The molecule has 0 aromatic rings. The molecule has 0 aromatic heterocycles. The number of carbonyl (C=O) groups is 1. The van der Waals surface area contributed by atoms with Crippen LogP contribution >= 0.6 is 0 Å². The first-order valence-electron chi connectivity index (χ1n) is 9.65. The highest BCUT2D eigenvalue weighted by Gasteiger charge is 2.67. The van der Waals surface area contributed by atoms with E-state index in [4.69, 9.17) is 0 Å². The van der Waals surface area contributed by atoms with Crippen LogP contribution in [-0.2, 0) is 4.79 Å². The van der Waals surface area contributed by atoms with E-state index in [9.17, 15) is 15.0 Å². The molecule has 23 heavy (non-hydrogen) atoms. The molecule has 0 heterocycles. The molecule has 4 saturated carbocycles. The van der Waals surface area contributed by atoms with E-state index in [1.54, 1.807) is 0 Å². The number of carboxylic acid groups (broad SMARTS) is 1. The van der Waals surface area contributed by atoms with Crippen LogP contribution in [-0.4, -0.2) is 22.3 Å². The zero-order valence-corrected chi connectivity index (χ0v) is 14.8. The van der Waals surface area contributed by atoms with Gasteiger partial charge in [-0.2, -0.15) is 0 Å². The van der Waals surface area contributed by atoms with Gasteiger partial charge in [-0.1, -0.05) is 13.8 Å². The maximum absolute atomic E-state index is 12.1. The molecule has 3 nitrogen and oxygen atoms in total. The molecule has 0 aliphatic heterocycles. The lowest BCUT2D eigenvalue weighted by Crippen LogP contribution is -2.62. The van der Waals surface area contributed by atoms with Crippen LogP contribution in [0.25, 0.3) is 0 Å². The van der Waals surface area contributed by atoms with Crippen molar-refractivity contribution >= 4 is 5.97 Å². The molecule has 4 aliphatic rings. The first-order chi connectivity index (χ1) is 10.7. The van der Waals surface area contributed by atoms with Crippen molar-refractivity contribution in [3.05, 3.63) is 0 Å². The molecule has 2 N–H and O–H groups in total. The summed E-state index contributed by atoms with van der Waals surface area (Å²) in [7, 11) is 0. The van der Waals surface area contributed by atoms with Gasteiger partial charge in [0.05, 0.1) is 11.5 Å². The molecule has 4 rings (SSSR count). The zero-order valence-electron chi connectivity index (χ0n) is 14.8. The molecular weight excluding hydrogens is 288 g/mol. The summed E-state index contributed by atoms with van der Waals surface area (Å²) in [6, 6.07) is 0. The number of carboxylic acids is 1. The van der Waals surface area contributed by atoms with Gasteiger partial charge in [-0.25, -0.2) is 0 Å². The summed E-state index contributed by atoms with van der Waals surface area (Å²) in [5, 5.41) is 20.5. The summed E-state index contributed by atoms with van der Waals surface area (Å²) in [5.41, 5.74) is -0.384. The summed E-state index contributed by atoms with van der Waals surface area (Å²) in [6.45, 7) is 6.63. The maximum atomic E-state index is 12.1. The van der Waals surface area contributed by atoms with E-state index in [0.29, 0.717) is 17.8 Å². The van der Waals surface area contributed by atoms with Gasteiger partial charge in [-0.15, -0.1) is 0 Å². The van der Waals surface area contributed by atoms with E-state index in [-0.39, 0.29) is 11.3 Å². The van der Waals surface area contributed by atoms with Gasteiger partial charge in [0.2, 0.25) is 0 Å². The van der Waals surface area contributed by atoms with Crippen LogP contribution in [0, 0.1) is 39.9 Å². The van der Waals surface area contributed by atoms with Crippen molar-refractivity contribution in [3.63, 3.8) is 0 Å². The molecule has 2 unspecified atom stereocenters. The summed E-state index contributed by atoms with van der Waals surface area (Å²) in [4.78, 5) is 12.1. The van der Waals surface area contributed by atoms with Crippen LogP contribution in [0.15, 0.2) is 0 Å². The Morgan fingerprint density at radius 1 is 1.00 bits per heavy atom. The molecule has 3 heteroatoms. The lowest BCUT2D eigenvalue weighted by atomic mass is 9.40. The molecule has 2 bridgehead atoms. The molecule has 0 aromatic carbocycles. The number of hydrogen-bond donors (Lipinski definition) is 2. The fourth-order valence-corrected chi connectivity index (χ4v) is 7.99. The lowest BCUT2D eigenvalue weighted by molar-refractivity contribution is -0.204. The van der Waals surface area contributed by atoms with E-state index < -0.39 is 17.5 Å². The van der Waals surface area contributed by atoms with Gasteiger partial charge in [0.15, 0.2) is 0 Å². The Balaban J connectivity index is 1.75. The molecule has 4 fully saturated rings. The predicted octanol–water partition coefficient (Wildman–Crippen LogP) is 4.09. The summed E-state index contributed by atoms with van der Waals surface area (Å²) in [5.74, 6) is 1.76. The van der Waals surface area contributed by atoms with Crippen LogP contribution in [0.3, 0.4) is 0 Å². The van der Waals surface area contributed by atoms with Crippen molar-refractivity contribution < 1.29 is 15.0 Å². The van der Waals surface area contributed by atoms with Gasteiger partial charge in [-0.3, -0.25) is 4.79 Å². The van der Waals surface area contributed by atoms with E-state index >= 15 is 0 Å². The average molecular weight is 320 g/mol. The first kappa shape index (κ1) is 15.9. The molecule has 0 amide bonds. The van der Waals surface area contributed by atoms with Crippen molar-refractivity contribution in [1.82, 2.24) is 0 Å². The molecule has 8 atom stereocenters. The number of aliphatic hydroxyl groups excluding tert-OH is 1. The molecular formula is C20H32O3. The molecule has 4 aliphatic carbocycles. The second-order valence-corrected chi connectivity index (χ2v) is 9.88. The van der Waals surface area contributed by atoms with Gasteiger partial charge in [0.25, 0.3) is 0 Å². The molecule has 0 radical (unpaired) electrons. The maximum Gasteiger partial charge on any atom is 0.312 e. The Hall–Kier alpha value is -0.570. The molecule has 1 spiro atoms. The summed E-state index contributed by atoms with van der Waals surface area (Å²) >= 11 is 0. The highest BCUT2D eigenvalue weighted by molar-refractivity contribution is 5.76. The number of hydrogen-bond acceptors (Lipinski definition) is 2. The van der Waals surface area contributed by atoms with Crippen molar-refractivity contribution in [2.75, 3.05) is 0 Å². The number of fused-ring (bicyclic) bond motifs is 3. The third kappa shape index (κ3) is 1.83. The molecule has 130 valence electrons. The predicted molar refractivity (Wildman–Crippen MR) is 88.9 cm³/mol. The Bertz CT molecular complexity index is 527. The number of aliphatic hydroxyl groups is 1. The second-order valence-electron chi connectivity index (χ2n) is 9.88. The Labute approximate surface area is 139 Å². The minimum atomic E-state index is -0.963. The van der Waals surface area contributed by atoms with E-state index in [0.717, 1.165) is 24.7 Å². The number of aliphatic carboxylic acids is 1. The fourth-order valence-electron chi connectivity index (χ4n) is 7.99. The zero-order chi connectivity index (χ0) is 16.6. The third-order valence-electron chi connectivity index (χ3n) is 9.12. The minimum absolute atomic E-state index is 0.0969. The minimum Gasteiger partial charge on any atom is -0.481 e. The highest BCUT2D eigenvalue weighted by Crippen LogP contribution is 2.72. The first-order valence-corrected chi connectivity index (χ1v) is 9.65. The van der Waals surface area contributed by atoms with Crippen LogP contribution < -0.4 is 0 Å². The fraction of sp³-hybridized carbons (Fsp3) is 0.950. The monoisotopic (exact) mass is 320 g/mol. The standard InChI is InChI=1S/C20H32O3/c1-12-10-20-9-6-14-18(2,15(20)5-4-13(12)11-20)8-7-16(21)19(14,3)17(22)23/h12-16,21H,4-11H2,1-3H3,(H,22,23)/t12-,13-,14-,15-,16?,18+,19?,20+/m1/s1. The normalized spacial score (nSPS) is 58.3. The summed E-state index contributed by atoms with van der Waals surface area (Å²) in [6.07, 6.45) is 8.52. The van der Waals surface area contributed by atoms with Crippen molar-refractivity contribution in [1.29, 1.82) is 0 Å². The van der Waals surface area contributed by atoms with Crippen LogP contribution in [0.5, 0.6) is 0 Å². The third-order valence-corrected chi connectivity index (χ3v) is 9.12. The van der Waals surface area contributed by atoms with Crippen LogP contribution in [0.4, 0.5) is 0 Å². The van der Waals surface area contributed by atoms with Crippen molar-refractivity contribution in [3.8, 4) is 0 Å². The largest absolute Gasteiger partial charge is 0.481 e. The Morgan fingerprint density at radius 3 is 2.43 bits per heavy atom. The average Bonchev–Trinajstić information content (AvgIpc) is 2.73. The van der Waals surface area contributed by atoms with Crippen molar-refractivity contribution in [2.45, 2.75) is 78.2 Å². The lowest BCUT2D eigenvalue weighted by Gasteiger charge is -2.64. The Kier molecular flexibility index (Phi) is 3.28. The van der Waals surface area contributed by atoms with Gasteiger partial charge >= 0.3 is 5.97 Å². The van der Waals surface area contributed by atoms with E-state index in [1.807, 2.05) is 6.92 Å². The topological polar surface area (TPSA) is 57.5 Å². The van der Waals surface area contributed by atoms with Crippen LogP contribution in [0.2, 0.25) is 0 Å². The van der Waals surface area contributed by atoms with E-state index in [1.165, 1.54) is 32.1 Å². The van der Waals surface area contributed by atoms with Gasteiger partial charge in [0, 0.05) is 0 Å². The van der Waals surface area contributed by atoms with Crippen molar-refractivity contribution in [2.24, 2.45) is 39.9 Å². The van der Waals surface area contributed by atoms with E-state index in [2.05, 4.69) is 13.8 Å². The van der Waals surface area contributed by atoms with Gasteiger partial charge in [-0.05, 0) is 92.8 Å². The van der Waals surface area contributed by atoms with Gasteiger partial charge < -0.3 is 10.2 Å². The summed E-state index contributed by atoms with van der Waals surface area (Å²) < 4.78 is 0. The second kappa shape index (κ2) is 4.74. The highest BCUT2D eigenvalue weighted by atomic mass is 16.4. The molecule has 0 saturated heterocycles. The number of rotatable bonds is 1. The SMILES string of the molecule is C[C@@H]1C[C@]23CC[C@H]4C(C)(C(=O)O)C(O)CC[C@]4(C)[C@H]2CC[C@@H]1C3. The quantitative estimate of drug-likeness (QED) is 0.765. The van der Waals surface area contributed by atoms with Gasteiger partial charge in [0.1, 0.15) is 0 Å². The Morgan fingerprint density at radius 2 is 1.74 bits per heavy atom. The van der Waals surface area contributed by atoms with Crippen LogP contribution in [0.1, 0.15) is 72.1 Å². The smallest absolute Gasteiger partial charge is 0.312 e.